The maximum atomic E-state index is 5.61. The van der Waals surface area contributed by atoms with Gasteiger partial charge in [-0.3, -0.25) is 5.43 Å². The number of benzene rings is 2. The Balaban J connectivity index is 1.56. The summed E-state index contributed by atoms with van der Waals surface area (Å²) in [6.07, 6.45) is 1.63. The maximum absolute atomic E-state index is 5.61. The first-order chi connectivity index (χ1) is 12.6. The van der Waals surface area contributed by atoms with Crippen LogP contribution in [0.15, 0.2) is 53.6 Å². The van der Waals surface area contributed by atoms with Gasteiger partial charge in [-0.1, -0.05) is 17.7 Å². The number of rotatable bonds is 10. The Morgan fingerprint density at radius 1 is 0.962 bits per heavy atom. The molecule has 0 aliphatic heterocycles. The van der Waals surface area contributed by atoms with E-state index in [1.54, 1.807) is 6.21 Å². The fourth-order valence-corrected chi connectivity index (χ4v) is 2.05. The molecule has 6 nitrogen and oxygen atoms in total. The molecule has 0 bridgehead atoms. The van der Waals surface area contributed by atoms with Gasteiger partial charge < -0.3 is 19.9 Å². The molecule has 2 aromatic rings. The summed E-state index contributed by atoms with van der Waals surface area (Å²) in [5.74, 6) is 1.62. The van der Waals surface area contributed by atoms with E-state index in [9.17, 15) is 0 Å². The van der Waals surface area contributed by atoms with Crippen LogP contribution in [0.5, 0.6) is 11.5 Å². The van der Waals surface area contributed by atoms with Crippen LogP contribution in [-0.4, -0.2) is 37.8 Å². The highest BCUT2D eigenvalue weighted by atomic mass is 32.1. The van der Waals surface area contributed by atoms with Crippen molar-refractivity contribution in [3.05, 3.63) is 59.7 Å². The van der Waals surface area contributed by atoms with Gasteiger partial charge in [-0.15, -0.1) is 0 Å². The summed E-state index contributed by atoms with van der Waals surface area (Å²) in [4.78, 5) is 0. The van der Waals surface area contributed by atoms with Crippen molar-refractivity contribution in [2.75, 3.05) is 26.4 Å². The van der Waals surface area contributed by atoms with E-state index in [4.69, 9.17) is 19.9 Å². The van der Waals surface area contributed by atoms with Crippen molar-refractivity contribution >= 4 is 23.5 Å². The van der Waals surface area contributed by atoms with Gasteiger partial charge in [0.25, 0.3) is 0 Å². The van der Waals surface area contributed by atoms with E-state index in [0.717, 1.165) is 17.1 Å². The van der Waals surface area contributed by atoms with Crippen LogP contribution in [0, 0.1) is 6.92 Å². The molecule has 0 aliphatic rings. The molecular formula is C19H23N3O3S. The Morgan fingerprint density at radius 3 is 2.04 bits per heavy atom. The molecule has 0 spiro atoms. The SMILES string of the molecule is Cc1ccc(OCCOCCOc2ccc(/C=N\NC(N)=S)cc2)cc1. The van der Waals surface area contributed by atoms with Gasteiger partial charge in [0.05, 0.1) is 19.4 Å². The second-order valence-corrected chi connectivity index (χ2v) is 5.87. The number of ether oxygens (including phenoxy) is 3. The predicted octanol–water partition coefficient (Wildman–Crippen LogP) is 2.64. The van der Waals surface area contributed by atoms with Crippen LogP contribution in [0.3, 0.4) is 0 Å². The van der Waals surface area contributed by atoms with Crippen molar-refractivity contribution in [3.63, 3.8) is 0 Å². The topological polar surface area (TPSA) is 78.1 Å². The molecule has 0 saturated carbocycles. The van der Waals surface area contributed by atoms with E-state index in [0.29, 0.717) is 26.4 Å². The van der Waals surface area contributed by atoms with E-state index in [-0.39, 0.29) is 5.11 Å². The normalized spacial score (nSPS) is 10.7. The summed E-state index contributed by atoms with van der Waals surface area (Å²) in [6, 6.07) is 15.4. The van der Waals surface area contributed by atoms with Gasteiger partial charge in [-0.05, 0) is 61.1 Å². The zero-order chi connectivity index (χ0) is 18.6. The van der Waals surface area contributed by atoms with Crippen LogP contribution in [0.2, 0.25) is 0 Å². The number of thiocarbonyl (C=S) groups is 1. The minimum Gasteiger partial charge on any atom is -0.491 e. The Bertz CT molecular complexity index is 703. The van der Waals surface area contributed by atoms with Crippen molar-refractivity contribution in [2.24, 2.45) is 10.8 Å². The Hall–Kier alpha value is -2.64. The first-order valence-electron chi connectivity index (χ1n) is 8.22. The molecule has 2 aromatic carbocycles. The molecule has 0 aliphatic carbocycles. The number of aryl methyl sites for hydroxylation is 1. The molecule has 0 atom stereocenters. The van der Waals surface area contributed by atoms with Crippen LogP contribution in [0.4, 0.5) is 0 Å². The Labute approximate surface area is 158 Å². The predicted molar refractivity (Wildman–Crippen MR) is 107 cm³/mol. The smallest absolute Gasteiger partial charge is 0.184 e. The summed E-state index contributed by atoms with van der Waals surface area (Å²) in [7, 11) is 0. The first kappa shape index (κ1) is 19.7. The number of hydrogen-bond acceptors (Lipinski definition) is 5. The van der Waals surface area contributed by atoms with Gasteiger partial charge in [-0.25, -0.2) is 0 Å². The van der Waals surface area contributed by atoms with Crippen LogP contribution in [0.25, 0.3) is 0 Å². The zero-order valence-corrected chi connectivity index (χ0v) is 15.5. The zero-order valence-electron chi connectivity index (χ0n) is 14.7. The number of hydrazone groups is 1. The van der Waals surface area contributed by atoms with E-state index in [1.165, 1.54) is 5.56 Å². The molecule has 0 heterocycles. The average molecular weight is 373 g/mol. The summed E-state index contributed by atoms with van der Waals surface area (Å²) < 4.78 is 16.7. The Morgan fingerprint density at radius 2 is 1.50 bits per heavy atom. The van der Waals surface area contributed by atoms with Crippen LogP contribution in [-0.2, 0) is 4.74 Å². The van der Waals surface area contributed by atoms with Gasteiger partial charge >= 0.3 is 0 Å². The van der Waals surface area contributed by atoms with Crippen LogP contribution in [0.1, 0.15) is 11.1 Å². The largest absolute Gasteiger partial charge is 0.491 e. The summed E-state index contributed by atoms with van der Waals surface area (Å²) in [5, 5.41) is 4.02. The van der Waals surface area contributed by atoms with Gasteiger partial charge in [0.1, 0.15) is 24.7 Å². The van der Waals surface area contributed by atoms with Crippen molar-refractivity contribution in [2.45, 2.75) is 6.92 Å². The van der Waals surface area contributed by atoms with Gasteiger partial charge in [0.2, 0.25) is 0 Å². The molecule has 7 heteroatoms. The molecule has 0 unspecified atom stereocenters. The second-order valence-electron chi connectivity index (χ2n) is 5.43. The lowest BCUT2D eigenvalue weighted by Gasteiger charge is -2.09. The summed E-state index contributed by atoms with van der Waals surface area (Å²) in [5.41, 5.74) is 9.90. The van der Waals surface area contributed by atoms with Gasteiger partial charge in [0.15, 0.2) is 5.11 Å². The fourth-order valence-electron chi connectivity index (χ4n) is 1.99. The lowest BCUT2D eigenvalue weighted by atomic mass is 10.2. The van der Waals surface area contributed by atoms with E-state index >= 15 is 0 Å². The molecule has 0 radical (unpaired) electrons. The number of nitrogens with zero attached hydrogens (tertiary/aromatic N) is 1. The molecule has 2 rings (SSSR count). The number of nitrogens with one attached hydrogen (secondary N) is 1. The summed E-state index contributed by atoms with van der Waals surface area (Å²) >= 11 is 4.66. The van der Waals surface area contributed by atoms with Crippen LogP contribution < -0.4 is 20.6 Å². The first-order valence-corrected chi connectivity index (χ1v) is 8.63. The molecule has 0 saturated heterocycles. The third-order valence-corrected chi connectivity index (χ3v) is 3.37. The van der Waals surface area contributed by atoms with Crippen molar-refractivity contribution in [3.8, 4) is 11.5 Å². The Kier molecular flexibility index (Phi) is 8.38. The second kappa shape index (κ2) is 11.1. The molecule has 0 amide bonds. The molecule has 3 N–H and O–H groups in total. The maximum Gasteiger partial charge on any atom is 0.184 e. The fraction of sp³-hybridized carbons (Fsp3) is 0.263. The van der Waals surface area contributed by atoms with Gasteiger partial charge in [0, 0.05) is 0 Å². The number of hydrogen-bond donors (Lipinski definition) is 2. The lowest BCUT2D eigenvalue weighted by Crippen LogP contribution is -2.23. The average Bonchev–Trinajstić information content (AvgIpc) is 2.63. The standard InChI is InChI=1S/C19H23N3O3S/c1-15-2-6-17(7-3-15)24-12-10-23-11-13-25-18-8-4-16(5-9-18)14-21-22-19(20)26/h2-9,14H,10-13H2,1H3,(H3,20,22,26)/b21-14-. The monoisotopic (exact) mass is 373 g/mol. The van der Waals surface area contributed by atoms with Crippen molar-refractivity contribution in [1.29, 1.82) is 0 Å². The minimum atomic E-state index is 0.130. The lowest BCUT2D eigenvalue weighted by molar-refractivity contribution is 0.0764. The molecule has 26 heavy (non-hydrogen) atoms. The van der Waals surface area contributed by atoms with E-state index in [2.05, 4.69) is 22.7 Å². The number of nitrogens with two attached hydrogens (primary N) is 1. The highest BCUT2D eigenvalue weighted by Gasteiger charge is 1.96. The van der Waals surface area contributed by atoms with E-state index < -0.39 is 0 Å². The molecule has 0 aromatic heterocycles. The molecule has 138 valence electrons. The molecule has 0 fully saturated rings. The van der Waals surface area contributed by atoms with Gasteiger partial charge in [-0.2, -0.15) is 5.10 Å². The van der Waals surface area contributed by atoms with Crippen molar-refractivity contribution < 1.29 is 14.2 Å². The minimum absolute atomic E-state index is 0.130. The van der Waals surface area contributed by atoms with Crippen molar-refractivity contribution in [1.82, 2.24) is 5.43 Å². The van der Waals surface area contributed by atoms with E-state index in [1.807, 2.05) is 55.5 Å². The quantitative estimate of drug-likeness (QED) is 0.289. The van der Waals surface area contributed by atoms with Crippen LogP contribution >= 0.6 is 12.2 Å². The summed E-state index contributed by atoms with van der Waals surface area (Å²) in [6.45, 7) is 4.04. The highest BCUT2D eigenvalue weighted by Crippen LogP contribution is 2.12. The third-order valence-electron chi connectivity index (χ3n) is 3.28. The molecular weight excluding hydrogens is 350 g/mol. The highest BCUT2D eigenvalue weighted by molar-refractivity contribution is 7.80. The third kappa shape index (κ3) is 7.96.